The molecule has 21 heavy (non-hydrogen) atoms. The van der Waals surface area contributed by atoms with Crippen LogP contribution in [-0.4, -0.2) is 36.2 Å². The normalized spacial score (nSPS) is 12.5. The van der Waals surface area contributed by atoms with Crippen LogP contribution in [0.2, 0.25) is 0 Å². The van der Waals surface area contributed by atoms with Crippen molar-refractivity contribution in [3.05, 3.63) is 46.2 Å². The van der Waals surface area contributed by atoms with E-state index in [0.717, 1.165) is 5.56 Å². The topological polar surface area (TPSA) is 52.9 Å². The summed E-state index contributed by atoms with van der Waals surface area (Å²) in [5.74, 6) is 0.714. The van der Waals surface area contributed by atoms with E-state index >= 15 is 0 Å². The van der Waals surface area contributed by atoms with Gasteiger partial charge < -0.3 is 14.8 Å². The number of hydrogen-bond acceptors (Lipinski definition) is 5. The highest BCUT2D eigenvalue weighted by molar-refractivity contribution is 7.10. The van der Waals surface area contributed by atoms with E-state index in [9.17, 15) is 10.0 Å². The first kappa shape index (κ1) is 16.0. The van der Waals surface area contributed by atoms with E-state index in [4.69, 9.17) is 4.74 Å². The predicted molar refractivity (Wildman–Crippen MR) is 87.0 cm³/mol. The summed E-state index contributed by atoms with van der Waals surface area (Å²) in [5.41, 5.74) is 1.37. The lowest BCUT2D eigenvalue weighted by atomic mass is 9.77. The fourth-order valence-electron chi connectivity index (χ4n) is 2.25. The van der Waals surface area contributed by atoms with Crippen molar-refractivity contribution in [1.82, 2.24) is 4.90 Å². The second-order valence-corrected chi connectivity index (χ2v) is 6.02. The molecule has 1 aromatic heterocycles. The summed E-state index contributed by atoms with van der Waals surface area (Å²) in [6.07, 6.45) is 0. The average molecular weight is 305 g/mol. The van der Waals surface area contributed by atoms with Gasteiger partial charge >= 0.3 is 7.12 Å². The van der Waals surface area contributed by atoms with E-state index < -0.39 is 7.12 Å². The highest BCUT2D eigenvalue weighted by atomic mass is 32.1. The quantitative estimate of drug-likeness (QED) is 0.797. The Hall–Kier alpha value is -1.34. The molecule has 0 fully saturated rings. The summed E-state index contributed by atoms with van der Waals surface area (Å²) in [5, 5.41) is 21.1. The summed E-state index contributed by atoms with van der Waals surface area (Å²) < 4.78 is 5.22. The van der Waals surface area contributed by atoms with Gasteiger partial charge in [-0.2, -0.15) is 0 Å². The lowest BCUT2D eigenvalue weighted by Gasteiger charge is -2.25. The minimum Gasteiger partial charge on any atom is -0.497 e. The Labute approximate surface area is 129 Å². The first-order valence-electron chi connectivity index (χ1n) is 6.79. The zero-order valence-corrected chi connectivity index (χ0v) is 13.3. The molecule has 0 amide bonds. The van der Waals surface area contributed by atoms with Gasteiger partial charge in [0.25, 0.3) is 0 Å². The molecular formula is C15H20BNO3S. The number of hydrogen-bond donors (Lipinski definition) is 2. The van der Waals surface area contributed by atoms with Gasteiger partial charge in [-0.1, -0.05) is 12.1 Å². The van der Waals surface area contributed by atoms with Crippen LogP contribution in [0.4, 0.5) is 0 Å². The molecule has 2 N–H and O–H groups in total. The highest BCUT2D eigenvalue weighted by Gasteiger charge is 2.20. The first-order chi connectivity index (χ1) is 10.0. The molecule has 0 saturated carbocycles. The summed E-state index contributed by atoms with van der Waals surface area (Å²) >= 11 is 1.72. The number of methoxy groups -OCH3 is 1. The molecule has 2 aromatic rings. The van der Waals surface area contributed by atoms with Crippen LogP contribution in [0.3, 0.4) is 0 Å². The van der Waals surface area contributed by atoms with Crippen molar-refractivity contribution in [3.63, 3.8) is 0 Å². The molecule has 0 aliphatic rings. The Morgan fingerprint density at radius 3 is 2.67 bits per heavy atom. The highest BCUT2D eigenvalue weighted by Crippen LogP contribution is 2.25. The largest absolute Gasteiger partial charge is 0.497 e. The maximum Gasteiger partial charge on any atom is 0.488 e. The standard InChI is InChI=1S/C15H20BNO3S/c1-11(15-5-4-8-21-15)17(2)10-12-9-13(20-3)6-7-14(12)16(18)19/h4-9,11,18-19H,10H2,1-3H3. The molecule has 1 heterocycles. The zero-order valence-electron chi connectivity index (χ0n) is 12.5. The molecule has 0 saturated heterocycles. The molecule has 0 aliphatic heterocycles. The van der Waals surface area contributed by atoms with Gasteiger partial charge in [0.15, 0.2) is 0 Å². The van der Waals surface area contributed by atoms with Crippen molar-refractivity contribution in [2.45, 2.75) is 19.5 Å². The zero-order chi connectivity index (χ0) is 15.4. The smallest absolute Gasteiger partial charge is 0.488 e. The third-order valence-corrected chi connectivity index (χ3v) is 4.71. The summed E-state index contributed by atoms with van der Waals surface area (Å²) in [6.45, 7) is 2.75. The van der Waals surface area contributed by atoms with Gasteiger partial charge in [0, 0.05) is 17.5 Å². The number of rotatable bonds is 6. The molecule has 0 spiro atoms. The van der Waals surface area contributed by atoms with Gasteiger partial charge in [-0.15, -0.1) is 11.3 Å². The first-order valence-corrected chi connectivity index (χ1v) is 7.67. The van der Waals surface area contributed by atoms with Crippen molar-refractivity contribution in [2.75, 3.05) is 14.2 Å². The number of thiophene rings is 1. The Kier molecular flexibility index (Phi) is 5.42. The molecule has 0 aliphatic carbocycles. The summed E-state index contributed by atoms with van der Waals surface area (Å²) in [4.78, 5) is 3.46. The molecule has 0 bridgehead atoms. The van der Waals surface area contributed by atoms with Crippen LogP contribution < -0.4 is 10.2 Å². The molecule has 0 radical (unpaired) electrons. The Balaban J connectivity index is 2.21. The third-order valence-electron chi connectivity index (χ3n) is 3.66. The number of ether oxygens (including phenoxy) is 1. The van der Waals surface area contributed by atoms with E-state index in [1.165, 1.54) is 4.88 Å². The molecule has 112 valence electrons. The van der Waals surface area contributed by atoms with Crippen LogP contribution in [0, 0.1) is 0 Å². The van der Waals surface area contributed by atoms with Crippen molar-refractivity contribution in [2.24, 2.45) is 0 Å². The van der Waals surface area contributed by atoms with Crippen LogP contribution >= 0.6 is 11.3 Å². The van der Waals surface area contributed by atoms with Crippen LogP contribution in [0.5, 0.6) is 5.75 Å². The molecule has 6 heteroatoms. The average Bonchev–Trinajstić information content (AvgIpc) is 3.00. The molecule has 2 rings (SSSR count). The minimum atomic E-state index is -1.48. The molecule has 1 atom stereocenters. The van der Waals surface area contributed by atoms with Gasteiger partial charge in [0.05, 0.1) is 7.11 Å². The summed E-state index contributed by atoms with van der Waals surface area (Å²) in [7, 11) is 2.15. The predicted octanol–water partition coefficient (Wildman–Crippen LogP) is 1.63. The maximum absolute atomic E-state index is 9.50. The van der Waals surface area contributed by atoms with Crippen LogP contribution in [0.25, 0.3) is 0 Å². The lowest BCUT2D eigenvalue weighted by Crippen LogP contribution is -2.35. The monoisotopic (exact) mass is 305 g/mol. The third kappa shape index (κ3) is 3.86. The van der Waals surface area contributed by atoms with E-state index in [2.05, 4.69) is 23.3 Å². The molecule has 1 unspecified atom stereocenters. The van der Waals surface area contributed by atoms with Gasteiger partial charge in [0.2, 0.25) is 0 Å². The van der Waals surface area contributed by atoms with Crippen molar-refractivity contribution < 1.29 is 14.8 Å². The van der Waals surface area contributed by atoms with Crippen molar-refractivity contribution in [3.8, 4) is 5.75 Å². The van der Waals surface area contributed by atoms with E-state index in [-0.39, 0.29) is 6.04 Å². The fraction of sp³-hybridized carbons (Fsp3) is 0.333. The molecule has 4 nitrogen and oxygen atoms in total. The SMILES string of the molecule is COc1ccc(B(O)O)c(CN(C)C(C)c2cccs2)c1. The number of nitrogens with zero attached hydrogens (tertiary/aromatic N) is 1. The number of benzene rings is 1. The molecular weight excluding hydrogens is 285 g/mol. The van der Waals surface area contributed by atoms with Gasteiger partial charge in [-0.05, 0) is 48.6 Å². The Bertz CT molecular complexity index is 574. The summed E-state index contributed by atoms with van der Waals surface area (Å²) in [6, 6.07) is 9.70. The van der Waals surface area contributed by atoms with Gasteiger partial charge in [0.1, 0.15) is 5.75 Å². The lowest BCUT2D eigenvalue weighted by molar-refractivity contribution is 0.256. The van der Waals surface area contributed by atoms with Gasteiger partial charge in [-0.25, -0.2) is 0 Å². The van der Waals surface area contributed by atoms with E-state index in [1.807, 2.05) is 19.2 Å². The molecule has 1 aromatic carbocycles. The van der Waals surface area contributed by atoms with Crippen molar-refractivity contribution >= 4 is 23.9 Å². The fourth-order valence-corrected chi connectivity index (χ4v) is 3.10. The second kappa shape index (κ2) is 7.09. The Morgan fingerprint density at radius 1 is 1.33 bits per heavy atom. The van der Waals surface area contributed by atoms with E-state index in [0.29, 0.717) is 17.8 Å². The van der Waals surface area contributed by atoms with Crippen LogP contribution in [0.15, 0.2) is 35.7 Å². The second-order valence-electron chi connectivity index (χ2n) is 5.04. The minimum absolute atomic E-state index is 0.264. The van der Waals surface area contributed by atoms with Crippen LogP contribution in [0.1, 0.15) is 23.4 Å². The van der Waals surface area contributed by atoms with Crippen LogP contribution in [-0.2, 0) is 6.54 Å². The van der Waals surface area contributed by atoms with E-state index in [1.54, 1.807) is 30.6 Å². The maximum atomic E-state index is 9.50. The van der Waals surface area contributed by atoms with Crippen molar-refractivity contribution in [1.29, 1.82) is 0 Å². The van der Waals surface area contributed by atoms with Gasteiger partial charge in [-0.3, -0.25) is 4.90 Å². The Morgan fingerprint density at radius 2 is 2.10 bits per heavy atom.